The molecule has 2 nitrogen and oxygen atoms in total. The summed E-state index contributed by atoms with van der Waals surface area (Å²) in [4.78, 5) is 3.70. The van der Waals surface area contributed by atoms with Crippen molar-refractivity contribution >= 4 is 6.21 Å². The van der Waals surface area contributed by atoms with Gasteiger partial charge >= 0.3 is 0 Å². The summed E-state index contributed by atoms with van der Waals surface area (Å²) in [5.74, 6) is -1.75. The van der Waals surface area contributed by atoms with Crippen molar-refractivity contribution in [2.45, 2.75) is 31.2 Å². The van der Waals surface area contributed by atoms with Gasteiger partial charge in [0.05, 0.1) is 6.10 Å². The summed E-state index contributed by atoms with van der Waals surface area (Å²) in [5.41, 5.74) is 0. The molecule has 0 aromatic rings. The van der Waals surface area contributed by atoms with Gasteiger partial charge in [-0.25, -0.2) is 4.39 Å². The average Bonchev–Trinajstić information content (AvgIpc) is 1.99. The van der Waals surface area contributed by atoms with Gasteiger partial charge in [-0.2, -0.15) is 0 Å². The maximum atomic E-state index is 13.6. The Bertz CT molecular complexity index is 223. The van der Waals surface area contributed by atoms with Gasteiger partial charge in [-0.05, 0) is 31.4 Å². The first-order chi connectivity index (χ1) is 5.79. The molecule has 3 heteroatoms. The molecule has 1 aliphatic carbocycles. The predicted molar refractivity (Wildman–Crippen MR) is 44.5 cm³/mol. The zero-order valence-corrected chi connectivity index (χ0v) is 6.74. The normalized spacial score (nSPS) is 35.1. The summed E-state index contributed by atoms with van der Waals surface area (Å²) in [6.07, 6.45) is 7.67. The van der Waals surface area contributed by atoms with Crippen LogP contribution in [0.15, 0.2) is 17.1 Å². The zero-order chi connectivity index (χ0) is 8.44. The molecule has 1 saturated carbocycles. The Morgan fingerprint density at radius 1 is 1.50 bits per heavy atom. The third-order valence-electron chi connectivity index (χ3n) is 2.15. The van der Waals surface area contributed by atoms with Gasteiger partial charge in [0, 0.05) is 6.21 Å². The number of rotatable bonds is 2. The lowest BCUT2D eigenvalue weighted by Crippen LogP contribution is -2.35. The van der Waals surface area contributed by atoms with Crippen LogP contribution in [0.1, 0.15) is 19.3 Å². The number of halogens is 1. The van der Waals surface area contributed by atoms with Crippen LogP contribution >= 0.6 is 0 Å². The molecule has 0 spiro atoms. The Kier molecular flexibility index (Phi) is 1.97. The second-order valence-corrected chi connectivity index (χ2v) is 3.15. The van der Waals surface area contributed by atoms with Crippen molar-refractivity contribution in [1.82, 2.24) is 0 Å². The van der Waals surface area contributed by atoms with E-state index in [2.05, 4.69) is 4.99 Å². The molecule has 1 heterocycles. The van der Waals surface area contributed by atoms with Crippen molar-refractivity contribution in [2.75, 3.05) is 0 Å². The summed E-state index contributed by atoms with van der Waals surface area (Å²) < 4.78 is 18.8. The van der Waals surface area contributed by atoms with Crippen LogP contribution < -0.4 is 0 Å². The van der Waals surface area contributed by atoms with E-state index in [-0.39, 0.29) is 6.10 Å². The lowest BCUT2D eigenvalue weighted by atomic mass is 9.96. The van der Waals surface area contributed by atoms with Crippen LogP contribution in [0.2, 0.25) is 0 Å². The minimum Gasteiger partial charge on any atom is -0.338 e. The minimum atomic E-state index is -1.75. The molecule has 1 radical (unpaired) electrons. The summed E-state index contributed by atoms with van der Waals surface area (Å²) in [6.45, 7) is 1.20. The van der Waals surface area contributed by atoms with E-state index in [1.807, 2.05) is 0 Å². The molecule has 1 atom stereocenters. The largest absolute Gasteiger partial charge is 0.338 e. The number of hydrogen-bond acceptors (Lipinski definition) is 2. The highest BCUT2D eigenvalue weighted by atomic mass is 19.2. The van der Waals surface area contributed by atoms with Gasteiger partial charge in [0.15, 0.2) is 0 Å². The number of ether oxygens (including phenoxy) is 1. The number of allylic oxidation sites excluding steroid dienone is 1. The van der Waals surface area contributed by atoms with Crippen LogP contribution in [0, 0.1) is 6.54 Å². The van der Waals surface area contributed by atoms with Gasteiger partial charge in [0.2, 0.25) is 0 Å². The number of nitrogens with zero attached hydrogens (tertiary/aromatic N) is 1. The third-order valence-corrected chi connectivity index (χ3v) is 2.15. The Morgan fingerprint density at radius 3 is 2.83 bits per heavy atom. The van der Waals surface area contributed by atoms with Crippen molar-refractivity contribution in [3.05, 3.63) is 18.7 Å². The van der Waals surface area contributed by atoms with Crippen LogP contribution in [0.5, 0.6) is 0 Å². The van der Waals surface area contributed by atoms with Crippen LogP contribution in [0.4, 0.5) is 4.39 Å². The molecule has 2 rings (SSSR count). The maximum absolute atomic E-state index is 13.6. The summed E-state index contributed by atoms with van der Waals surface area (Å²) in [5, 5.41) is 0. The van der Waals surface area contributed by atoms with E-state index in [0.29, 0.717) is 0 Å². The van der Waals surface area contributed by atoms with Gasteiger partial charge in [0.1, 0.15) is 6.54 Å². The number of aliphatic imine (C=N–C) groups is 1. The Balaban J connectivity index is 1.91. The van der Waals surface area contributed by atoms with Gasteiger partial charge in [-0.3, -0.25) is 4.99 Å². The van der Waals surface area contributed by atoms with E-state index in [4.69, 9.17) is 4.74 Å². The van der Waals surface area contributed by atoms with E-state index < -0.39 is 5.85 Å². The van der Waals surface area contributed by atoms with E-state index >= 15 is 0 Å². The van der Waals surface area contributed by atoms with E-state index in [1.54, 1.807) is 12.3 Å². The molecule has 0 aromatic carbocycles. The fourth-order valence-corrected chi connectivity index (χ4v) is 1.23. The summed E-state index contributed by atoms with van der Waals surface area (Å²) >= 11 is 0. The first-order valence-electron chi connectivity index (χ1n) is 4.21. The SMILES string of the molecule is FC1(OC2CCC2)[CH]N=CC=C1. The molecule has 12 heavy (non-hydrogen) atoms. The highest BCUT2D eigenvalue weighted by Gasteiger charge is 2.34. The average molecular weight is 168 g/mol. The quantitative estimate of drug-likeness (QED) is 0.618. The van der Waals surface area contributed by atoms with Gasteiger partial charge in [-0.1, -0.05) is 0 Å². The van der Waals surface area contributed by atoms with Crippen LogP contribution in [0.3, 0.4) is 0 Å². The first kappa shape index (κ1) is 7.92. The summed E-state index contributed by atoms with van der Waals surface area (Å²) in [7, 11) is 0. The first-order valence-corrected chi connectivity index (χ1v) is 4.21. The monoisotopic (exact) mass is 168 g/mol. The molecule has 0 aromatic heterocycles. The van der Waals surface area contributed by atoms with E-state index in [9.17, 15) is 4.39 Å². The highest BCUT2D eigenvalue weighted by molar-refractivity contribution is 5.73. The molecule has 0 bridgehead atoms. The highest BCUT2D eigenvalue weighted by Crippen LogP contribution is 2.31. The fourth-order valence-electron chi connectivity index (χ4n) is 1.23. The maximum Gasteiger partial charge on any atom is 0.254 e. The molecular formula is C9H11FNO. The predicted octanol–water partition coefficient (Wildman–Crippen LogP) is 2.02. The van der Waals surface area contributed by atoms with Crippen molar-refractivity contribution < 1.29 is 9.13 Å². The van der Waals surface area contributed by atoms with Gasteiger partial charge in [0.25, 0.3) is 5.85 Å². The second kappa shape index (κ2) is 2.98. The summed E-state index contributed by atoms with van der Waals surface area (Å²) in [6, 6.07) is 0. The van der Waals surface area contributed by atoms with Crippen LogP contribution in [-0.4, -0.2) is 18.2 Å². The Labute approximate surface area is 71.1 Å². The minimum absolute atomic E-state index is 0.0872. The molecule has 1 fully saturated rings. The number of hydrogen-bond donors (Lipinski definition) is 0. The topological polar surface area (TPSA) is 21.6 Å². The Hall–Kier alpha value is -0.700. The molecule has 65 valence electrons. The van der Waals surface area contributed by atoms with Crippen molar-refractivity contribution in [3.63, 3.8) is 0 Å². The lowest BCUT2D eigenvalue weighted by Gasteiger charge is -2.32. The fraction of sp³-hybridized carbons (Fsp3) is 0.556. The van der Waals surface area contributed by atoms with Crippen molar-refractivity contribution in [2.24, 2.45) is 4.99 Å². The smallest absolute Gasteiger partial charge is 0.254 e. The molecule has 0 N–H and O–H groups in total. The van der Waals surface area contributed by atoms with Crippen LogP contribution in [0.25, 0.3) is 0 Å². The van der Waals surface area contributed by atoms with Crippen molar-refractivity contribution in [3.8, 4) is 0 Å². The standard InChI is InChI=1S/C9H11FNO/c10-9(5-2-6-11-7-9)12-8-3-1-4-8/h2,5-8H,1,3-4H2. The molecular weight excluding hydrogens is 157 g/mol. The molecule has 2 aliphatic rings. The number of alkyl halides is 1. The lowest BCUT2D eigenvalue weighted by molar-refractivity contribution is -0.146. The van der Waals surface area contributed by atoms with Gasteiger partial charge in [-0.15, -0.1) is 0 Å². The Morgan fingerprint density at radius 2 is 2.33 bits per heavy atom. The van der Waals surface area contributed by atoms with Crippen molar-refractivity contribution in [1.29, 1.82) is 0 Å². The van der Waals surface area contributed by atoms with E-state index in [1.165, 1.54) is 12.6 Å². The van der Waals surface area contributed by atoms with Crippen LogP contribution in [-0.2, 0) is 4.74 Å². The molecule has 1 unspecified atom stereocenters. The third kappa shape index (κ3) is 1.55. The molecule has 0 saturated heterocycles. The number of dihydropyridines is 1. The molecule has 1 aliphatic heterocycles. The zero-order valence-electron chi connectivity index (χ0n) is 6.74. The molecule has 0 amide bonds. The van der Waals surface area contributed by atoms with Gasteiger partial charge < -0.3 is 4.74 Å². The van der Waals surface area contributed by atoms with E-state index in [0.717, 1.165) is 19.3 Å². The second-order valence-electron chi connectivity index (χ2n) is 3.15.